The molecular formula is C14H21N3O3. The summed E-state index contributed by atoms with van der Waals surface area (Å²) in [7, 11) is 0. The Bertz CT molecular complexity index is 485. The molecule has 0 radical (unpaired) electrons. The van der Waals surface area contributed by atoms with E-state index in [2.05, 4.69) is 15.3 Å². The summed E-state index contributed by atoms with van der Waals surface area (Å²) in [6.07, 6.45) is 4.82. The Hall–Kier alpha value is -1.85. The molecule has 0 spiro atoms. The second kappa shape index (κ2) is 6.07. The van der Waals surface area contributed by atoms with Gasteiger partial charge in [0.05, 0.1) is 17.6 Å². The van der Waals surface area contributed by atoms with Crippen LogP contribution in [0.3, 0.4) is 0 Å². The molecule has 2 N–H and O–H groups in total. The van der Waals surface area contributed by atoms with Crippen molar-refractivity contribution in [1.82, 2.24) is 9.97 Å². The van der Waals surface area contributed by atoms with Gasteiger partial charge in [0, 0.05) is 6.54 Å². The van der Waals surface area contributed by atoms with Crippen LogP contribution in [-0.4, -0.2) is 34.2 Å². The van der Waals surface area contributed by atoms with Gasteiger partial charge in [0.15, 0.2) is 0 Å². The molecule has 0 amide bonds. The minimum atomic E-state index is -0.723. The monoisotopic (exact) mass is 279 g/mol. The second-order valence-electron chi connectivity index (χ2n) is 5.23. The molecule has 0 saturated heterocycles. The molecule has 6 nitrogen and oxygen atoms in total. The van der Waals surface area contributed by atoms with Crippen LogP contribution in [0.1, 0.15) is 38.2 Å². The first kappa shape index (κ1) is 14.6. The van der Waals surface area contributed by atoms with Crippen LogP contribution in [0.4, 0.5) is 5.82 Å². The predicted molar refractivity (Wildman–Crippen MR) is 75.0 cm³/mol. The average Bonchev–Trinajstić information content (AvgIpc) is 2.90. The van der Waals surface area contributed by atoms with Gasteiger partial charge in [-0.1, -0.05) is 12.8 Å². The molecule has 1 aromatic rings. The number of rotatable bonds is 6. The van der Waals surface area contributed by atoms with Crippen LogP contribution in [0, 0.1) is 12.3 Å². The summed E-state index contributed by atoms with van der Waals surface area (Å²) < 4.78 is 5.41. The van der Waals surface area contributed by atoms with Crippen molar-refractivity contribution in [3.05, 3.63) is 11.9 Å². The van der Waals surface area contributed by atoms with Crippen LogP contribution >= 0.6 is 0 Å². The average molecular weight is 279 g/mol. The molecule has 0 bridgehead atoms. The minimum absolute atomic E-state index is 0.395. The number of aliphatic carboxylic acids is 1. The number of ether oxygens (including phenoxy) is 1. The Labute approximate surface area is 118 Å². The fraction of sp³-hybridized carbons (Fsp3) is 0.643. The number of aromatic nitrogens is 2. The fourth-order valence-corrected chi connectivity index (χ4v) is 2.67. The van der Waals surface area contributed by atoms with E-state index in [9.17, 15) is 9.90 Å². The van der Waals surface area contributed by atoms with Gasteiger partial charge in [-0.3, -0.25) is 4.79 Å². The van der Waals surface area contributed by atoms with Crippen molar-refractivity contribution >= 4 is 11.8 Å². The summed E-state index contributed by atoms with van der Waals surface area (Å²) in [5, 5.41) is 12.6. The van der Waals surface area contributed by atoms with Crippen molar-refractivity contribution in [3.63, 3.8) is 0 Å². The predicted octanol–water partition coefficient (Wildman–Crippen LogP) is 2.24. The first-order chi connectivity index (χ1) is 9.59. The zero-order valence-corrected chi connectivity index (χ0v) is 12.0. The van der Waals surface area contributed by atoms with Crippen molar-refractivity contribution in [2.24, 2.45) is 5.41 Å². The Kier molecular flexibility index (Phi) is 4.42. The summed E-state index contributed by atoms with van der Waals surface area (Å²) in [6.45, 7) is 4.70. The number of carbonyl (C=O) groups is 1. The number of carboxylic acids is 1. The third kappa shape index (κ3) is 2.84. The highest BCUT2D eigenvalue weighted by atomic mass is 16.5. The lowest BCUT2D eigenvalue weighted by Crippen LogP contribution is -2.35. The van der Waals surface area contributed by atoms with Gasteiger partial charge in [0.25, 0.3) is 0 Å². The SMILES string of the molecule is CCOc1ncnc(NCC2(C(=O)O)CCCC2)c1C. The molecule has 110 valence electrons. The minimum Gasteiger partial charge on any atom is -0.481 e. The first-order valence-corrected chi connectivity index (χ1v) is 7.01. The topological polar surface area (TPSA) is 84.3 Å². The van der Waals surface area contributed by atoms with E-state index in [0.717, 1.165) is 31.2 Å². The van der Waals surface area contributed by atoms with Gasteiger partial charge in [-0.05, 0) is 26.7 Å². The van der Waals surface area contributed by atoms with Crippen LogP contribution in [0.25, 0.3) is 0 Å². The normalized spacial score (nSPS) is 16.9. The van der Waals surface area contributed by atoms with Gasteiger partial charge in [0.2, 0.25) is 5.88 Å². The highest BCUT2D eigenvalue weighted by Gasteiger charge is 2.41. The lowest BCUT2D eigenvalue weighted by atomic mass is 9.86. The highest BCUT2D eigenvalue weighted by Crippen LogP contribution is 2.38. The number of hydrogen-bond acceptors (Lipinski definition) is 5. The zero-order valence-electron chi connectivity index (χ0n) is 12.0. The van der Waals surface area contributed by atoms with Crippen molar-refractivity contribution in [1.29, 1.82) is 0 Å². The summed E-state index contributed by atoms with van der Waals surface area (Å²) in [5.41, 5.74) is 0.149. The van der Waals surface area contributed by atoms with Crippen molar-refractivity contribution in [3.8, 4) is 5.88 Å². The first-order valence-electron chi connectivity index (χ1n) is 7.01. The van der Waals surface area contributed by atoms with Gasteiger partial charge in [-0.2, -0.15) is 0 Å². The van der Waals surface area contributed by atoms with Gasteiger partial charge < -0.3 is 15.2 Å². The van der Waals surface area contributed by atoms with Crippen LogP contribution in [0.2, 0.25) is 0 Å². The van der Waals surface area contributed by atoms with Crippen LogP contribution in [0.5, 0.6) is 5.88 Å². The van der Waals surface area contributed by atoms with Crippen molar-refractivity contribution in [2.45, 2.75) is 39.5 Å². The molecule has 1 heterocycles. The second-order valence-corrected chi connectivity index (χ2v) is 5.23. The number of nitrogens with one attached hydrogen (secondary N) is 1. The van der Waals surface area contributed by atoms with Gasteiger partial charge in [-0.15, -0.1) is 0 Å². The van der Waals surface area contributed by atoms with Crippen molar-refractivity contribution in [2.75, 3.05) is 18.5 Å². The van der Waals surface area contributed by atoms with Gasteiger partial charge >= 0.3 is 5.97 Å². The lowest BCUT2D eigenvalue weighted by Gasteiger charge is -2.24. The van der Waals surface area contributed by atoms with E-state index in [1.54, 1.807) is 0 Å². The molecule has 1 saturated carbocycles. The maximum absolute atomic E-state index is 11.5. The Morgan fingerprint density at radius 3 is 2.75 bits per heavy atom. The van der Waals surface area contributed by atoms with Gasteiger partial charge in [-0.25, -0.2) is 9.97 Å². The van der Waals surface area contributed by atoms with E-state index >= 15 is 0 Å². The third-order valence-electron chi connectivity index (χ3n) is 3.93. The number of anilines is 1. The van der Waals surface area contributed by atoms with E-state index in [-0.39, 0.29) is 0 Å². The van der Waals surface area contributed by atoms with E-state index in [0.29, 0.717) is 24.8 Å². The van der Waals surface area contributed by atoms with Gasteiger partial charge in [0.1, 0.15) is 12.1 Å². The van der Waals surface area contributed by atoms with Crippen LogP contribution in [-0.2, 0) is 4.79 Å². The highest BCUT2D eigenvalue weighted by molar-refractivity contribution is 5.76. The molecule has 0 aliphatic heterocycles. The van der Waals surface area contributed by atoms with E-state index in [4.69, 9.17) is 4.74 Å². The summed E-state index contributed by atoms with van der Waals surface area (Å²) in [4.78, 5) is 19.8. The summed E-state index contributed by atoms with van der Waals surface area (Å²) in [5.74, 6) is 0.469. The smallest absolute Gasteiger partial charge is 0.311 e. The number of nitrogens with zero attached hydrogens (tertiary/aromatic N) is 2. The molecule has 1 aromatic heterocycles. The summed E-state index contributed by atoms with van der Waals surface area (Å²) >= 11 is 0. The molecule has 6 heteroatoms. The fourth-order valence-electron chi connectivity index (χ4n) is 2.67. The molecule has 1 aliphatic carbocycles. The molecular weight excluding hydrogens is 258 g/mol. The molecule has 1 aliphatic rings. The van der Waals surface area contributed by atoms with E-state index in [1.165, 1.54) is 6.33 Å². The Balaban J connectivity index is 2.10. The standard InChI is InChI=1S/C14H21N3O3/c1-3-20-12-10(2)11(16-9-17-12)15-8-14(13(18)19)6-4-5-7-14/h9H,3-8H2,1-2H3,(H,18,19)(H,15,16,17). The Morgan fingerprint density at radius 1 is 1.45 bits per heavy atom. The number of carboxylic acid groups (broad SMARTS) is 1. The third-order valence-corrected chi connectivity index (χ3v) is 3.93. The molecule has 0 aromatic carbocycles. The van der Waals surface area contributed by atoms with Crippen molar-refractivity contribution < 1.29 is 14.6 Å². The lowest BCUT2D eigenvalue weighted by molar-refractivity contribution is -0.147. The largest absolute Gasteiger partial charge is 0.481 e. The van der Waals surface area contributed by atoms with E-state index in [1.807, 2.05) is 13.8 Å². The molecule has 1 fully saturated rings. The zero-order chi connectivity index (χ0) is 14.6. The van der Waals surface area contributed by atoms with E-state index < -0.39 is 11.4 Å². The molecule has 20 heavy (non-hydrogen) atoms. The molecule has 2 rings (SSSR count). The maximum atomic E-state index is 11.5. The summed E-state index contributed by atoms with van der Waals surface area (Å²) in [6, 6.07) is 0. The molecule has 0 unspecified atom stereocenters. The van der Waals surface area contributed by atoms with Crippen LogP contribution < -0.4 is 10.1 Å². The maximum Gasteiger partial charge on any atom is 0.311 e. The number of hydrogen-bond donors (Lipinski definition) is 2. The Morgan fingerprint density at radius 2 is 2.15 bits per heavy atom. The molecule has 0 atom stereocenters. The quantitative estimate of drug-likeness (QED) is 0.830. The van der Waals surface area contributed by atoms with Crippen LogP contribution in [0.15, 0.2) is 6.33 Å².